The molecule has 52 heavy (non-hydrogen) atoms. The predicted molar refractivity (Wildman–Crippen MR) is 185 cm³/mol. The van der Waals surface area contributed by atoms with Gasteiger partial charge in [-0.25, -0.2) is 9.59 Å². The summed E-state index contributed by atoms with van der Waals surface area (Å²) < 4.78 is 100. The summed E-state index contributed by atoms with van der Waals surface area (Å²) in [5.74, 6) is -2.52. The normalized spacial score (nSPS) is 11.8. The second kappa shape index (κ2) is 16.5. The molecule has 0 spiro atoms. The highest BCUT2D eigenvalue weighted by atomic mass is 32.2. The number of fused-ring (bicyclic) bond motifs is 1. The van der Waals surface area contributed by atoms with E-state index in [0.717, 1.165) is 42.2 Å². The first-order valence-electron chi connectivity index (χ1n) is 16.0. The van der Waals surface area contributed by atoms with Crippen LogP contribution in [0, 0.1) is 0 Å². The van der Waals surface area contributed by atoms with Gasteiger partial charge < -0.3 is 33.4 Å². The zero-order chi connectivity index (χ0) is 38.4. The van der Waals surface area contributed by atoms with E-state index in [4.69, 9.17) is 23.7 Å². The highest BCUT2D eigenvalue weighted by Gasteiger charge is 2.46. The number of methoxy groups -OCH3 is 2. The summed E-state index contributed by atoms with van der Waals surface area (Å²) >= 11 is 0. The number of halogens is 3. The highest BCUT2D eigenvalue weighted by Crippen LogP contribution is 2.42. The summed E-state index contributed by atoms with van der Waals surface area (Å²) in [6.45, 7) is 3.44. The molecule has 0 saturated heterocycles. The second-order valence-corrected chi connectivity index (χ2v) is 13.5. The lowest BCUT2D eigenvalue weighted by Gasteiger charge is -2.25. The molecule has 0 bridgehead atoms. The molecule has 284 valence electrons. The summed E-state index contributed by atoms with van der Waals surface area (Å²) in [5.41, 5.74) is -0.925. The number of aromatic nitrogens is 2. The molecule has 0 radical (unpaired) electrons. The van der Waals surface area contributed by atoms with Crippen LogP contribution in [0.5, 0.6) is 34.5 Å². The summed E-state index contributed by atoms with van der Waals surface area (Å²) in [6, 6.07) is 10.1. The van der Waals surface area contributed by atoms with Crippen molar-refractivity contribution >= 4 is 32.7 Å². The summed E-state index contributed by atoms with van der Waals surface area (Å²) in [6.07, 6.45) is -3.35. The van der Waals surface area contributed by atoms with Gasteiger partial charge in [-0.1, -0.05) is 11.4 Å². The van der Waals surface area contributed by atoms with Crippen LogP contribution in [-0.4, -0.2) is 82.7 Å². The standard InChI is InChI=1S/C34H41F3N4O10S/c1-8-14-48-22-16-23(49-15-10-9-13-38(2)3)18-24(17-22)50-30-21-27-26(39(4)33(43)40(27)5)20-28(30)41(51-32(42)34(35,36)37)52(44,45)25-11-12-29(46-6)31(19-25)47-7/h11-12,16-21H,8-10,13-15H2,1-7H3. The number of nitrogens with zero attached hydrogens (tertiary/aromatic N) is 4. The van der Waals surface area contributed by atoms with Gasteiger partial charge in [-0.3, -0.25) is 9.13 Å². The Morgan fingerprint density at radius 3 is 1.98 bits per heavy atom. The van der Waals surface area contributed by atoms with Crippen molar-refractivity contribution in [2.45, 2.75) is 37.3 Å². The van der Waals surface area contributed by atoms with Gasteiger partial charge >= 0.3 is 17.8 Å². The number of benzene rings is 3. The first kappa shape index (κ1) is 39.7. The van der Waals surface area contributed by atoms with E-state index in [1.165, 1.54) is 57.1 Å². The van der Waals surface area contributed by atoms with E-state index in [-0.39, 0.29) is 32.8 Å². The number of unbranched alkanes of at least 4 members (excludes halogenated alkanes) is 1. The minimum Gasteiger partial charge on any atom is -0.493 e. The lowest BCUT2D eigenvalue weighted by Crippen LogP contribution is -2.39. The molecule has 0 atom stereocenters. The van der Waals surface area contributed by atoms with Gasteiger partial charge in [-0.15, -0.1) is 0 Å². The number of hydrogen-bond acceptors (Lipinski definition) is 11. The van der Waals surface area contributed by atoms with E-state index in [1.807, 2.05) is 25.9 Å². The van der Waals surface area contributed by atoms with Crippen molar-refractivity contribution < 1.29 is 54.9 Å². The van der Waals surface area contributed by atoms with Gasteiger partial charge in [-0.05, 0) is 58.1 Å². The van der Waals surface area contributed by atoms with E-state index in [0.29, 0.717) is 31.1 Å². The third kappa shape index (κ3) is 9.03. The van der Waals surface area contributed by atoms with Gasteiger partial charge in [0.1, 0.15) is 22.9 Å². The third-order valence-corrected chi connectivity index (χ3v) is 9.20. The van der Waals surface area contributed by atoms with Gasteiger partial charge in [-0.2, -0.15) is 21.6 Å². The van der Waals surface area contributed by atoms with Crippen molar-refractivity contribution in [1.82, 2.24) is 14.0 Å². The topological polar surface area (TPSA) is 140 Å². The van der Waals surface area contributed by atoms with Crippen LogP contribution in [0.3, 0.4) is 0 Å². The van der Waals surface area contributed by atoms with E-state index in [2.05, 4.69) is 4.84 Å². The number of aryl methyl sites for hydroxylation is 2. The number of carbonyl (C=O) groups is 1. The maximum atomic E-state index is 14.2. The molecule has 0 fully saturated rings. The number of alkyl halides is 3. The molecule has 0 N–H and O–H groups in total. The van der Waals surface area contributed by atoms with Gasteiger partial charge in [0.05, 0.1) is 43.4 Å². The Bertz CT molecular complexity index is 2060. The largest absolute Gasteiger partial charge is 0.493 e. The van der Waals surface area contributed by atoms with Crippen molar-refractivity contribution in [2.24, 2.45) is 14.1 Å². The fourth-order valence-corrected chi connectivity index (χ4v) is 6.26. The lowest BCUT2D eigenvalue weighted by atomic mass is 10.2. The first-order chi connectivity index (χ1) is 24.5. The molecule has 0 aliphatic carbocycles. The molecule has 4 aromatic rings. The predicted octanol–water partition coefficient (Wildman–Crippen LogP) is 5.41. The molecule has 0 aliphatic heterocycles. The molecule has 0 aliphatic rings. The van der Waals surface area contributed by atoms with E-state index >= 15 is 0 Å². The number of anilines is 1. The zero-order valence-electron chi connectivity index (χ0n) is 29.8. The van der Waals surface area contributed by atoms with Crippen LogP contribution in [0.15, 0.2) is 58.2 Å². The van der Waals surface area contributed by atoms with Crippen molar-refractivity contribution in [3.05, 3.63) is 59.0 Å². The smallest absolute Gasteiger partial charge is 0.493 e. The van der Waals surface area contributed by atoms with E-state index in [1.54, 1.807) is 6.07 Å². The average molecular weight is 755 g/mol. The van der Waals surface area contributed by atoms with Gasteiger partial charge in [0.2, 0.25) is 0 Å². The van der Waals surface area contributed by atoms with Crippen molar-refractivity contribution in [3.63, 3.8) is 0 Å². The van der Waals surface area contributed by atoms with Crippen LogP contribution < -0.4 is 33.8 Å². The first-order valence-corrected chi connectivity index (χ1v) is 17.4. The Morgan fingerprint density at radius 1 is 0.808 bits per heavy atom. The molecule has 18 heteroatoms. The quantitative estimate of drug-likeness (QED) is 0.101. The van der Waals surface area contributed by atoms with Crippen LogP contribution >= 0.6 is 0 Å². The van der Waals surface area contributed by atoms with E-state index < -0.39 is 44.2 Å². The Kier molecular flexibility index (Phi) is 12.6. The maximum Gasteiger partial charge on any atom is 0.493 e. The van der Waals surface area contributed by atoms with Crippen LogP contribution in [0.4, 0.5) is 18.9 Å². The summed E-state index contributed by atoms with van der Waals surface area (Å²) in [5, 5.41) is 0. The summed E-state index contributed by atoms with van der Waals surface area (Å²) in [4.78, 5) is 31.3. The van der Waals surface area contributed by atoms with Crippen LogP contribution in [-0.2, 0) is 33.8 Å². The third-order valence-electron chi connectivity index (χ3n) is 7.64. The maximum absolute atomic E-state index is 14.2. The molecule has 0 saturated carbocycles. The van der Waals surface area contributed by atoms with Crippen molar-refractivity contribution in [3.8, 4) is 34.5 Å². The number of ether oxygens (including phenoxy) is 5. The Balaban J connectivity index is 1.92. The number of carbonyl (C=O) groups excluding carboxylic acids is 1. The van der Waals surface area contributed by atoms with Crippen LogP contribution in [0.25, 0.3) is 11.0 Å². The van der Waals surface area contributed by atoms with Crippen LogP contribution in [0.1, 0.15) is 26.2 Å². The molecule has 1 heterocycles. The Morgan fingerprint density at radius 2 is 1.40 bits per heavy atom. The lowest BCUT2D eigenvalue weighted by molar-refractivity contribution is -0.199. The summed E-state index contributed by atoms with van der Waals surface area (Å²) in [7, 11) is 4.08. The minimum absolute atomic E-state index is 0.0315. The van der Waals surface area contributed by atoms with Crippen molar-refractivity contribution in [2.75, 3.05) is 52.5 Å². The number of imidazole rings is 1. The molecule has 14 nitrogen and oxygen atoms in total. The van der Waals surface area contributed by atoms with Gasteiger partial charge in [0.25, 0.3) is 10.0 Å². The van der Waals surface area contributed by atoms with Crippen LogP contribution in [0.2, 0.25) is 0 Å². The molecular weight excluding hydrogens is 713 g/mol. The number of rotatable bonds is 17. The average Bonchev–Trinajstić information content (AvgIpc) is 3.30. The molecule has 3 aromatic carbocycles. The SMILES string of the molecule is CCCOc1cc(OCCCCN(C)C)cc(Oc2cc3c(cc2N(OC(=O)C(F)(F)F)S(=O)(=O)c2ccc(OC)c(OC)c2)n(C)c(=O)n3C)c1. The van der Waals surface area contributed by atoms with E-state index in [9.17, 15) is 31.2 Å². The second-order valence-electron chi connectivity index (χ2n) is 11.8. The molecule has 0 amide bonds. The fraction of sp³-hybridized carbons (Fsp3) is 0.412. The molecule has 1 aromatic heterocycles. The highest BCUT2D eigenvalue weighted by molar-refractivity contribution is 7.92. The fourth-order valence-electron chi connectivity index (χ4n) is 5.01. The number of hydrogen-bond donors (Lipinski definition) is 0. The molecule has 0 unspecified atom stereocenters. The Labute approximate surface area is 298 Å². The Hall–Kier alpha value is -5.10. The zero-order valence-corrected chi connectivity index (χ0v) is 30.6. The monoisotopic (exact) mass is 754 g/mol. The molecule has 4 rings (SSSR count). The number of sulfonamides is 1. The van der Waals surface area contributed by atoms with Gasteiger partial charge in [0.15, 0.2) is 17.2 Å². The van der Waals surface area contributed by atoms with Crippen molar-refractivity contribution in [1.29, 1.82) is 0 Å². The van der Waals surface area contributed by atoms with Gasteiger partial charge in [0, 0.05) is 44.4 Å². The minimum atomic E-state index is -5.61. The molecular formula is C34H41F3N4O10S.